The van der Waals surface area contributed by atoms with Crippen LogP contribution >= 0.6 is 22.9 Å². The second kappa shape index (κ2) is 12.2. The fourth-order valence-corrected chi connectivity index (χ4v) is 5.42. The fourth-order valence-electron chi connectivity index (χ4n) is 4.44. The van der Waals surface area contributed by atoms with Gasteiger partial charge in [0.1, 0.15) is 5.15 Å². The number of nitrogens with zero attached hydrogens (tertiary/aromatic N) is 2. The minimum absolute atomic E-state index is 0.000826. The summed E-state index contributed by atoms with van der Waals surface area (Å²) in [7, 11) is 0. The number of nitrogens with one attached hydrogen (secondary N) is 2. The summed E-state index contributed by atoms with van der Waals surface area (Å²) in [6.45, 7) is 7.86. The summed E-state index contributed by atoms with van der Waals surface area (Å²) < 4.78 is 26.2. The van der Waals surface area contributed by atoms with E-state index in [1.807, 2.05) is 6.92 Å². The summed E-state index contributed by atoms with van der Waals surface area (Å²) in [5, 5.41) is 10.0. The first-order valence-corrected chi connectivity index (χ1v) is 12.8. The van der Waals surface area contributed by atoms with E-state index in [1.54, 1.807) is 29.8 Å². The van der Waals surface area contributed by atoms with Crippen LogP contribution in [-0.2, 0) is 4.79 Å². The maximum atomic E-state index is 13.1. The Morgan fingerprint density at radius 3 is 2.59 bits per heavy atom. The van der Waals surface area contributed by atoms with Crippen molar-refractivity contribution in [2.24, 2.45) is 0 Å². The number of carbonyl (C=O) groups excluding carboxylic acids is 2. The van der Waals surface area contributed by atoms with Crippen LogP contribution in [0.1, 0.15) is 59.4 Å². The predicted octanol–water partition coefficient (Wildman–Crippen LogP) is 4.55. The molecule has 2 N–H and O–H groups in total. The summed E-state index contributed by atoms with van der Waals surface area (Å²) in [5.41, 5.74) is 2.56. The van der Waals surface area contributed by atoms with Crippen molar-refractivity contribution in [3.8, 4) is 0 Å². The number of hydrogen-bond donors (Lipinski definition) is 2. The van der Waals surface area contributed by atoms with Crippen LogP contribution in [0.25, 0.3) is 0 Å². The molecule has 1 fully saturated rings. The van der Waals surface area contributed by atoms with E-state index >= 15 is 0 Å². The summed E-state index contributed by atoms with van der Waals surface area (Å²) in [6.07, 6.45) is -0.681. The molecule has 186 valence electrons. The van der Waals surface area contributed by atoms with Crippen LogP contribution in [-0.4, -0.2) is 59.7 Å². The van der Waals surface area contributed by atoms with Crippen molar-refractivity contribution in [2.75, 3.05) is 19.6 Å². The van der Waals surface area contributed by atoms with Gasteiger partial charge in [-0.25, -0.2) is 13.8 Å². The van der Waals surface area contributed by atoms with Crippen molar-refractivity contribution in [1.82, 2.24) is 20.5 Å². The van der Waals surface area contributed by atoms with Gasteiger partial charge in [0.05, 0.1) is 17.3 Å². The van der Waals surface area contributed by atoms with Crippen molar-refractivity contribution in [3.05, 3.63) is 50.4 Å². The molecule has 3 heterocycles. The number of amides is 1. The average molecular weight is 513 g/mol. The Morgan fingerprint density at radius 2 is 2.00 bits per heavy atom. The highest BCUT2D eigenvalue weighted by Crippen LogP contribution is 2.24. The van der Waals surface area contributed by atoms with Crippen molar-refractivity contribution in [1.29, 1.82) is 0 Å². The lowest BCUT2D eigenvalue weighted by Crippen LogP contribution is -2.48. The molecule has 34 heavy (non-hydrogen) atoms. The lowest BCUT2D eigenvalue weighted by atomic mass is 9.98. The number of halogens is 3. The van der Waals surface area contributed by atoms with Crippen molar-refractivity contribution < 1.29 is 18.4 Å². The van der Waals surface area contributed by atoms with Crippen molar-refractivity contribution in [3.63, 3.8) is 0 Å². The van der Waals surface area contributed by atoms with Gasteiger partial charge < -0.3 is 15.5 Å². The zero-order valence-electron chi connectivity index (χ0n) is 19.6. The van der Waals surface area contributed by atoms with E-state index in [4.69, 9.17) is 11.6 Å². The molecule has 2 aromatic rings. The number of ketones is 1. The van der Waals surface area contributed by atoms with Crippen molar-refractivity contribution >= 4 is 34.6 Å². The molecule has 0 radical (unpaired) electrons. The molecule has 6 nitrogen and oxygen atoms in total. The van der Waals surface area contributed by atoms with E-state index in [2.05, 4.69) is 27.4 Å². The van der Waals surface area contributed by atoms with E-state index in [-0.39, 0.29) is 18.0 Å². The normalized spacial score (nSPS) is 17.0. The number of pyridine rings is 1. The van der Waals surface area contributed by atoms with Crippen LogP contribution in [0.5, 0.6) is 0 Å². The van der Waals surface area contributed by atoms with Crippen molar-refractivity contribution in [2.45, 2.75) is 64.6 Å². The Morgan fingerprint density at radius 1 is 1.29 bits per heavy atom. The number of rotatable bonds is 10. The van der Waals surface area contributed by atoms with Gasteiger partial charge in [-0.2, -0.15) is 11.3 Å². The lowest BCUT2D eigenvalue weighted by molar-refractivity contribution is -0.132. The summed E-state index contributed by atoms with van der Waals surface area (Å²) in [5.74, 6) is -1.23. The van der Waals surface area contributed by atoms with Gasteiger partial charge in [0.2, 0.25) is 5.78 Å². The zero-order chi connectivity index (χ0) is 24.8. The molecule has 1 amide bonds. The first kappa shape index (κ1) is 26.7. The van der Waals surface area contributed by atoms with Gasteiger partial charge in [0.15, 0.2) is 0 Å². The highest BCUT2D eigenvalue weighted by molar-refractivity contribution is 7.08. The van der Waals surface area contributed by atoms with Gasteiger partial charge in [-0.05, 0) is 87.1 Å². The number of likely N-dealkylation sites (tertiary alicyclic amines) is 1. The molecule has 1 unspecified atom stereocenters. The van der Waals surface area contributed by atoms with Crippen LogP contribution in [0.15, 0.2) is 22.9 Å². The average Bonchev–Trinajstić information content (AvgIpc) is 3.31. The van der Waals surface area contributed by atoms with Crippen LogP contribution in [0.4, 0.5) is 8.78 Å². The third kappa shape index (κ3) is 6.81. The van der Waals surface area contributed by atoms with E-state index < -0.39 is 18.3 Å². The first-order chi connectivity index (χ1) is 16.2. The molecule has 0 saturated carbocycles. The van der Waals surface area contributed by atoms with E-state index in [0.717, 1.165) is 37.9 Å². The second-order valence-corrected chi connectivity index (χ2v) is 9.95. The van der Waals surface area contributed by atoms with Crippen LogP contribution in [0.3, 0.4) is 0 Å². The monoisotopic (exact) mass is 512 g/mol. The van der Waals surface area contributed by atoms with Gasteiger partial charge in [0, 0.05) is 18.6 Å². The van der Waals surface area contributed by atoms with E-state index in [9.17, 15) is 18.4 Å². The topological polar surface area (TPSA) is 74.3 Å². The number of alkyl halides is 2. The van der Waals surface area contributed by atoms with Gasteiger partial charge in [-0.3, -0.25) is 9.59 Å². The molecular weight excluding hydrogens is 482 g/mol. The van der Waals surface area contributed by atoms with E-state index in [0.29, 0.717) is 28.5 Å². The number of piperidine rings is 1. The van der Waals surface area contributed by atoms with Gasteiger partial charge >= 0.3 is 0 Å². The Bertz CT molecular complexity index is 958. The highest BCUT2D eigenvalue weighted by Gasteiger charge is 2.32. The Hall–Kier alpha value is -1.94. The third-order valence-electron chi connectivity index (χ3n) is 6.37. The van der Waals surface area contributed by atoms with Gasteiger partial charge in [0.25, 0.3) is 12.3 Å². The Balaban J connectivity index is 1.46. The number of aromatic nitrogens is 1. The minimum atomic E-state index is -3.00. The van der Waals surface area contributed by atoms with Gasteiger partial charge in [-0.15, -0.1) is 0 Å². The predicted molar refractivity (Wildman–Crippen MR) is 131 cm³/mol. The molecule has 0 bridgehead atoms. The maximum absolute atomic E-state index is 13.1. The fraction of sp³-hybridized carbons (Fsp3) is 0.542. The molecule has 0 aromatic carbocycles. The Labute approximate surface area is 208 Å². The third-order valence-corrected chi connectivity index (χ3v) is 7.27. The Kier molecular flexibility index (Phi) is 9.53. The zero-order valence-corrected chi connectivity index (χ0v) is 21.2. The SMILES string of the molecule is Cc1cc(Cl)nc(C)c1C(=O)NCC[C@@H](C)N1CCC(NC(C(=O)C(F)F)c2ccsc2)CC1. The molecule has 1 aliphatic rings. The molecule has 0 spiro atoms. The molecule has 0 aliphatic carbocycles. The second-order valence-electron chi connectivity index (χ2n) is 8.79. The number of Topliss-reactive ketones (excluding diaryl/α,β-unsaturated/α-hetero) is 1. The summed E-state index contributed by atoms with van der Waals surface area (Å²) in [4.78, 5) is 31.2. The summed E-state index contributed by atoms with van der Waals surface area (Å²) >= 11 is 7.34. The lowest BCUT2D eigenvalue weighted by Gasteiger charge is -2.37. The number of hydrogen-bond acceptors (Lipinski definition) is 6. The van der Waals surface area contributed by atoms with E-state index in [1.165, 1.54) is 11.3 Å². The minimum Gasteiger partial charge on any atom is -0.352 e. The summed E-state index contributed by atoms with van der Waals surface area (Å²) in [6, 6.07) is 2.69. The first-order valence-electron chi connectivity index (χ1n) is 11.4. The van der Waals surface area contributed by atoms with Crippen LogP contribution in [0.2, 0.25) is 5.15 Å². The molecule has 1 saturated heterocycles. The smallest absolute Gasteiger partial charge is 0.297 e. The largest absolute Gasteiger partial charge is 0.352 e. The quantitative estimate of drug-likeness (QED) is 0.457. The molecule has 2 aromatic heterocycles. The number of carbonyl (C=O) groups is 2. The molecule has 1 aliphatic heterocycles. The maximum Gasteiger partial charge on any atom is 0.297 e. The standard InChI is InChI=1S/C24H31ClF2N4O2S/c1-14-12-19(25)29-16(3)20(14)24(33)28-8-4-15(2)31-9-5-18(6-10-31)30-21(22(32)23(26)27)17-7-11-34-13-17/h7,11-13,15,18,21,23,30H,4-6,8-10H2,1-3H3,(H,28,33)/t15-,21?/m1/s1. The number of aryl methyl sites for hydroxylation is 2. The molecule has 10 heteroatoms. The molecular formula is C24H31ClF2N4O2S. The number of thiophene rings is 1. The van der Waals surface area contributed by atoms with Crippen LogP contribution < -0.4 is 10.6 Å². The highest BCUT2D eigenvalue weighted by atomic mass is 35.5. The van der Waals surface area contributed by atoms with Gasteiger partial charge in [-0.1, -0.05) is 11.6 Å². The van der Waals surface area contributed by atoms with Crippen LogP contribution in [0, 0.1) is 13.8 Å². The molecule has 2 atom stereocenters. The molecule has 3 rings (SSSR count).